The highest BCUT2D eigenvalue weighted by Crippen LogP contribution is 2.31. The lowest BCUT2D eigenvalue weighted by Crippen LogP contribution is -2.60. The Kier molecular flexibility index (Phi) is 7.65. The van der Waals surface area contributed by atoms with Crippen molar-refractivity contribution in [1.29, 1.82) is 0 Å². The molecular weight excluding hydrogens is 431 g/mol. The molecule has 1 aliphatic carbocycles. The molecule has 0 spiro atoms. The van der Waals surface area contributed by atoms with Crippen molar-refractivity contribution in [2.75, 3.05) is 20.9 Å². The zero-order valence-electron chi connectivity index (χ0n) is 19.0. The van der Waals surface area contributed by atoms with Gasteiger partial charge in [-0.3, -0.25) is 14.4 Å². The van der Waals surface area contributed by atoms with E-state index in [0.29, 0.717) is 5.56 Å². The van der Waals surface area contributed by atoms with E-state index >= 15 is 0 Å². The van der Waals surface area contributed by atoms with Crippen LogP contribution >= 0.6 is 0 Å². The Bertz CT molecular complexity index is 977. The van der Waals surface area contributed by atoms with Crippen LogP contribution in [0.5, 0.6) is 0 Å². The SMILES string of the molecule is CCC(C(=O)NC(CC(=O)O)C(CF)(OC)OC)N1Cc2ccc(C3=CCC=C3)cc2C1=O. The number of carbonyl (C=O) groups excluding carboxylic acids is 2. The van der Waals surface area contributed by atoms with Crippen LogP contribution in [0.4, 0.5) is 4.39 Å². The molecule has 33 heavy (non-hydrogen) atoms. The standard InChI is InChI=1S/C24H29FN2O6/c1-4-19(22(30)26-20(12-21(28)29)24(14-25,32-2)33-3)27-13-17-10-9-16(11-18(17)23(27)31)15-7-5-6-8-15/h5,7-11,19-20H,4,6,12-14H2,1-3H3,(H,26,30)(H,28,29). The molecule has 2 N–H and O–H groups in total. The molecule has 8 nitrogen and oxygen atoms in total. The number of rotatable bonds is 11. The van der Waals surface area contributed by atoms with Gasteiger partial charge in [-0.15, -0.1) is 0 Å². The van der Waals surface area contributed by atoms with Crippen LogP contribution in [-0.2, 0) is 25.6 Å². The first-order chi connectivity index (χ1) is 15.8. The lowest BCUT2D eigenvalue weighted by atomic mass is 10.0. The molecule has 2 unspecified atom stereocenters. The Balaban J connectivity index is 1.82. The summed E-state index contributed by atoms with van der Waals surface area (Å²) < 4.78 is 24.0. The number of aliphatic carboxylic acids is 1. The second-order valence-electron chi connectivity index (χ2n) is 8.04. The molecular formula is C24H29FN2O6. The van der Waals surface area contributed by atoms with Gasteiger partial charge >= 0.3 is 5.97 Å². The molecule has 178 valence electrons. The number of halogens is 1. The zero-order chi connectivity index (χ0) is 24.2. The number of hydrogen-bond acceptors (Lipinski definition) is 5. The minimum absolute atomic E-state index is 0.252. The van der Waals surface area contributed by atoms with Gasteiger partial charge in [0, 0.05) is 26.3 Å². The number of allylic oxidation sites excluding steroid dienone is 4. The predicted octanol–water partition coefficient (Wildman–Crippen LogP) is 2.68. The Labute approximate surface area is 192 Å². The topological polar surface area (TPSA) is 105 Å². The second-order valence-corrected chi connectivity index (χ2v) is 8.04. The van der Waals surface area contributed by atoms with Crippen LogP contribution in [0.3, 0.4) is 0 Å². The molecule has 9 heteroatoms. The van der Waals surface area contributed by atoms with Crippen LogP contribution in [-0.4, -0.2) is 66.6 Å². The number of methoxy groups -OCH3 is 2. The predicted molar refractivity (Wildman–Crippen MR) is 119 cm³/mol. The van der Waals surface area contributed by atoms with E-state index in [0.717, 1.165) is 23.1 Å². The molecule has 0 fully saturated rings. The molecule has 1 aliphatic heterocycles. The maximum Gasteiger partial charge on any atom is 0.305 e. The van der Waals surface area contributed by atoms with Gasteiger partial charge in [0.05, 0.1) is 12.5 Å². The Morgan fingerprint density at radius 3 is 2.58 bits per heavy atom. The summed E-state index contributed by atoms with van der Waals surface area (Å²) in [5.41, 5.74) is 3.33. The zero-order valence-corrected chi connectivity index (χ0v) is 19.0. The summed E-state index contributed by atoms with van der Waals surface area (Å²) in [6.45, 7) is 0.833. The van der Waals surface area contributed by atoms with Crippen molar-refractivity contribution in [1.82, 2.24) is 10.2 Å². The molecule has 0 radical (unpaired) electrons. The highest BCUT2D eigenvalue weighted by Gasteiger charge is 2.44. The lowest BCUT2D eigenvalue weighted by molar-refractivity contribution is -0.234. The number of alkyl halides is 1. The molecule has 1 heterocycles. The van der Waals surface area contributed by atoms with E-state index < -0.39 is 42.8 Å². The number of nitrogens with one attached hydrogen (secondary N) is 1. The second kappa shape index (κ2) is 10.3. The van der Waals surface area contributed by atoms with Crippen molar-refractivity contribution in [2.45, 2.75) is 50.6 Å². The molecule has 3 rings (SSSR count). The number of carboxylic acid groups (broad SMARTS) is 1. The summed E-state index contributed by atoms with van der Waals surface area (Å²) >= 11 is 0. The van der Waals surface area contributed by atoms with Crippen molar-refractivity contribution >= 4 is 23.4 Å². The molecule has 1 aromatic carbocycles. The third kappa shape index (κ3) is 4.84. The first-order valence-electron chi connectivity index (χ1n) is 10.8. The molecule has 2 amide bonds. The minimum Gasteiger partial charge on any atom is -0.481 e. The molecule has 0 saturated carbocycles. The summed E-state index contributed by atoms with van der Waals surface area (Å²) in [5, 5.41) is 11.8. The number of carbonyl (C=O) groups is 3. The van der Waals surface area contributed by atoms with Crippen molar-refractivity contribution in [3.63, 3.8) is 0 Å². The summed E-state index contributed by atoms with van der Waals surface area (Å²) in [6.07, 6.45) is 6.65. The first kappa shape index (κ1) is 24.6. The maximum atomic E-state index is 13.8. The van der Waals surface area contributed by atoms with Crippen molar-refractivity contribution in [2.24, 2.45) is 0 Å². The van der Waals surface area contributed by atoms with Crippen LogP contribution in [0.1, 0.15) is 47.7 Å². The van der Waals surface area contributed by atoms with Crippen LogP contribution in [0.25, 0.3) is 5.57 Å². The number of nitrogens with zero attached hydrogens (tertiary/aromatic N) is 1. The average molecular weight is 461 g/mol. The van der Waals surface area contributed by atoms with E-state index in [-0.39, 0.29) is 18.9 Å². The number of fused-ring (bicyclic) bond motifs is 1. The minimum atomic E-state index is -1.96. The lowest BCUT2D eigenvalue weighted by Gasteiger charge is -2.37. The summed E-state index contributed by atoms with van der Waals surface area (Å²) in [4.78, 5) is 39.2. The molecule has 0 aromatic heterocycles. The maximum absolute atomic E-state index is 13.8. The fourth-order valence-electron chi connectivity index (χ4n) is 4.30. The van der Waals surface area contributed by atoms with Gasteiger partial charge in [0.15, 0.2) is 0 Å². The smallest absolute Gasteiger partial charge is 0.305 e. The van der Waals surface area contributed by atoms with Gasteiger partial charge in [-0.1, -0.05) is 37.3 Å². The van der Waals surface area contributed by atoms with Gasteiger partial charge in [-0.25, -0.2) is 4.39 Å². The third-order valence-electron chi connectivity index (χ3n) is 6.22. The number of amides is 2. The van der Waals surface area contributed by atoms with E-state index in [1.807, 2.05) is 30.4 Å². The Hall–Kier alpha value is -3.04. The van der Waals surface area contributed by atoms with E-state index in [4.69, 9.17) is 9.47 Å². The Morgan fingerprint density at radius 2 is 2.03 bits per heavy atom. The van der Waals surface area contributed by atoms with Gasteiger partial charge in [0.1, 0.15) is 12.7 Å². The quantitative estimate of drug-likeness (QED) is 0.492. The van der Waals surface area contributed by atoms with Crippen LogP contribution in [0, 0.1) is 0 Å². The van der Waals surface area contributed by atoms with Crippen LogP contribution in [0.15, 0.2) is 36.4 Å². The van der Waals surface area contributed by atoms with E-state index in [1.54, 1.807) is 6.92 Å². The number of hydrogen-bond donors (Lipinski definition) is 2. The summed E-state index contributed by atoms with van der Waals surface area (Å²) in [6, 6.07) is 3.50. The average Bonchev–Trinajstić information content (AvgIpc) is 3.44. The van der Waals surface area contributed by atoms with Crippen LogP contribution in [0.2, 0.25) is 0 Å². The van der Waals surface area contributed by atoms with Gasteiger partial charge in [0.2, 0.25) is 11.7 Å². The van der Waals surface area contributed by atoms with Crippen LogP contribution < -0.4 is 5.32 Å². The largest absolute Gasteiger partial charge is 0.481 e. The molecule has 1 aromatic rings. The molecule has 0 bridgehead atoms. The van der Waals surface area contributed by atoms with Crippen molar-refractivity contribution in [3.8, 4) is 0 Å². The third-order valence-corrected chi connectivity index (χ3v) is 6.22. The highest BCUT2D eigenvalue weighted by molar-refractivity contribution is 6.02. The van der Waals surface area contributed by atoms with Crippen molar-refractivity contribution in [3.05, 3.63) is 53.1 Å². The number of carboxylic acids is 1. The van der Waals surface area contributed by atoms with Gasteiger partial charge in [0.25, 0.3) is 5.91 Å². The highest BCUT2D eigenvalue weighted by atomic mass is 19.1. The van der Waals surface area contributed by atoms with E-state index in [2.05, 4.69) is 11.4 Å². The first-order valence-corrected chi connectivity index (χ1v) is 10.8. The fraction of sp³-hybridized carbons (Fsp3) is 0.458. The number of benzene rings is 1. The Morgan fingerprint density at radius 1 is 1.30 bits per heavy atom. The van der Waals surface area contributed by atoms with Gasteiger partial charge in [-0.05, 0) is 35.6 Å². The monoisotopic (exact) mass is 460 g/mol. The summed E-state index contributed by atoms with van der Waals surface area (Å²) in [7, 11) is 2.35. The van der Waals surface area contributed by atoms with E-state index in [9.17, 15) is 23.9 Å². The van der Waals surface area contributed by atoms with E-state index in [1.165, 1.54) is 19.1 Å². The van der Waals surface area contributed by atoms with Crippen molar-refractivity contribution < 1.29 is 33.4 Å². The summed E-state index contributed by atoms with van der Waals surface area (Å²) in [5.74, 6) is -4.09. The normalized spacial score (nSPS) is 17.0. The van der Waals surface area contributed by atoms with Gasteiger partial charge < -0.3 is 24.8 Å². The number of ether oxygens (including phenoxy) is 2. The molecule has 2 atom stereocenters. The van der Waals surface area contributed by atoms with Gasteiger partial charge in [-0.2, -0.15) is 0 Å². The molecule has 0 saturated heterocycles. The molecule has 2 aliphatic rings. The fourth-order valence-corrected chi connectivity index (χ4v) is 4.30.